The molecule has 1 saturated carbocycles. The lowest BCUT2D eigenvalue weighted by Crippen LogP contribution is -2.46. The summed E-state index contributed by atoms with van der Waals surface area (Å²) in [7, 11) is 9.13. The highest BCUT2D eigenvalue weighted by Gasteiger charge is 2.32. The lowest BCUT2D eigenvalue weighted by atomic mass is 10.1. The van der Waals surface area contributed by atoms with Crippen molar-refractivity contribution in [3.63, 3.8) is 0 Å². The lowest BCUT2D eigenvalue weighted by Gasteiger charge is -2.25. The smallest absolute Gasteiger partial charge is 0.203 e. The molecule has 0 heterocycles. The van der Waals surface area contributed by atoms with Crippen LogP contribution in [0.5, 0.6) is 17.2 Å². The fourth-order valence-electron chi connectivity index (χ4n) is 3.19. The summed E-state index contributed by atoms with van der Waals surface area (Å²) in [6.45, 7) is 4.29. The van der Waals surface area contributed by atoms with E-state index in [9.17, 15) is 0 Å². The van der Waals surface area contributed by atoms with Gasteiger partial charge < -0.3 is 29.7 Å². The van der Waals surface area contributed by atoms with E-state index in [0.29, 0.717) is 29.8 Å². The second kappa shape index (κ2) is 12.2. The predicted octanol–water partition coefficient (Wildman–Crippen LogP) is 2.73. The Kier molecular flexibility index (Phi) is 10.7. The molecule has 0 amide bonds. The second-order valence-corrected chi connectivity index (χ2v) is 6.98. The Morgan fingerprint density at radius 2 is 1.71 bits per heavy atom. The third kappa shape index (κ3) is 6.88. The number of ether oxygens (including phenoxy) is 3. The van der Waals surface area contributed by atoms with Crippen LogP contribution in [0.2, 0.25) is 0 Å². The Morgan fingerprint density at radius 3 is 2.14 bits per heavy atom. The largest absolute Gasteiger partial charge is 0.493 e. The van der Waals surface area contributed by atoms with Crippen molar-refractivity contribution in [1.29, 1.82) is 0 Å². The fourth-order valence-corrected chi connectivity index (χ4v) is 3.19. The molecule has 1 aliphatic carbocycles. The van der Waals surface area contributed by atoms with Crippen molar-refractivity contribution >= 4 is 29.9 Å². The van der Waals surface area contributed by atoms with Crippen LogP contribution in [0.3, 0.4) is 0 Å². The monoisotopic (exact) mass is 506 g/mol. The molecule has 1 aliphatic rings. The van der Waals surface area contributed by atoms with E-state index in [0.717, 1.165) is 30.5 Å². The van der Waals surface area contributed by atoms with Gasteiger partial charge in [-0.25, -0.2) is 4.99 Å². The van der Waals surface area contributed by atoms with Crippen LogP contribution in [-0.4, -0.2) is 65.4 Å². The molecule has 8 heteroatoms. The van der Waals surface area contributed by atoms with Crippen LogP contribution in [0.1, 0.15) is 25.3 Å². The van der Waals surface area contributed by atoms with Crippen molar-refractivity contribution in [2.45, 2.75) is 32.4 Å². The van der Waals surface area contributed by atoms with Crippen molar-refractivity contribution in [1.82, 2.24) is 15.5 Å². The Morgan fingerprint density at radius 1 is 1.11 bits per heavy atom. The summed E-state index contributed by atoms with van der Waals surface area (Å²) < 4.78 is 16.2. The van der Waals surface area contributed by atoms with Crippen molar-refractivity contribution in [2.24, 2.45) is 10.9 Å². The maximum Gasteiger partial charge on any atom is 0.203 e. The maximum atomic E-state index is 5.42. The fraction of sp³-hybridized carbons (Fsp3) is 0.650. The zero-order valence-electron chi connectivity index (χ0n) is 17.9. The van der Waals surface area contributed by atoms with E-state index >= 15 is 0 Å². The summed E-state index contributed by atoms with van der Waals surface area (Å²) in [4.78, 5) is 7.02. The Bertz CT molecular complexity index is 609. The molecular weight excluding hydrogens is 471 g/mol. The average Bonchev–Trinajstić information content (AvgIpc) is 3.49. The van der Waals surface area contributed by atoms with Gasteiger partial charge in [-0.2, -0.15) is 0 Å². The Balaban J connectivity index is 0.00000392. The molecule has 28 heavy (non-hydrogen) atoms. The summed E-state index contributed by atoms with van der Waals surface area (Å²) >= 11 is 0. The van der Waals surface area contributed by atoms with Gasteiger partial charge in [-0.1, -0.05) is 0 Å². The predicted molar refractivity (Wildman–Crippen MR) is 125 cm³/mol. The van der Waals surface area contributed by atoms with Gasteiger partial charge in [0.25, 0.3) is 0 Å². The van der Waals surface area contributed by atoms with Crippen LogP contribution >= 0.6 is 24.0 Å². The zero-order valence-corrected chi connectivity index (χ0v) is 20.2. The first-order valence-electron chi connectivity index (χ1n) is 9.51. The molecule has 0 bridgehead atoms. The number of likely N-dealkylation sites (N-methyl/N-ethyl adjacent to an activating group) is 1. The molecule has 1 unspecified atom stereocenters. The molecule has 1 aromatic rings. The van der Waals surface area contributed by atoms with Crippen molar-refractivity contribution < 1.29 is 14.2 Å². The summed E-state index contributed by atoms with van der Waals surface area (Å²) in [5.74, 6) is 3.49. The van der Waals surface area contributed by atoms with Crippen LogP contribution in [-0.2, 0) is 6.54 Å². The first kappa shape index (κ1) is 24.6. The molecule has 2 rings (SSSR count). The van der Waals surface area contributed by atoms with Gasteiger partial charge in [0.2, 0.25) is 5.75 Å². The summed E-state index contributed by atoms with van der Waals surface area (Å²) in [5, 5.41) is 6.80. The maximum absolute atomic E-state index is 5.42. The third-order valence-electron chi connectivity index (χ3n) is 4.80. The molecule has 0 radical (unpaired) electrons. The van der Waals surface area contributed by atoms with Gasteiger partial charge in [0, 0.05) is 19.1 Å². The molecule has 0 spiro atoms. The van der Waals surface area contributed by atoms with Crippen molar-refractivity contribution in [2.75, 3.05) is 48.5 Å². The number of nitrogens with zero attached hydrogens (tertiary/aromatic N) is 2. The summed E-state index contributed by atoms with van der Waals surface area (Å²) in [5.41, 5.74) is 0.994. The van der Waals surface area contributed by atoms with Gasteiger partial charge in [0.15, 0.2) is 17.5 Å². The molecule has 7 nitrogen and oxygen atoms in total. The van der Waals surface area contributed by atoms with E-state index < -0.39 is 0 Å². The van der Waals surface area contributed by atoms with Crippen molar-refractivity contribution in [3.05, 3.63) is 17.7 Å². The Hall–Kier alpha value is -1.42. The minimum Gasteiger partial charge on any atom is -0.493 e. The molecule has 1 aromatic carbocycles. The number of methoxy groups -OCH3 is 3. The molecule has 1 fully saturated rings. The number of aliphatic imine (C=N–C) groups is 1. The Labute approximate surface area is 186 Å². The van der Waals surface area contributed by atoms with Gasteiger partial charge in [-0.15, -0.1) is 24.0 Å². The highest BCUT2D eigenvalue weighted by molar-refractivity contribution is 14.0. The zero-order chi connectivity index (χ0) is 19.8. The molecule has 1 atom stereocenters. The van der Waals surface area contributed by atoms with Crippen LogP contribution in [0.15, 0.2) is 17.1 Å². The first-order valence-corrected chi connectivity index (χ1v) is 9.51. The molecule has 0 saturated heterocycles. The molecular formula is C20H35IN4O3. The van der Waals surface area contributed by atoms with E-state index in [1.54, 1.807) is 21.3 Å². The lowest BCUT2D eigenvalue weighted by molar-refractivity contribution is 0.264. The summed E-state index contributed by atoms with van der Waals surface area (Å²) in [6.07, 6.45) is 2.65. The minimum atomic E-state index is 0. The average molecular weight is 506 g/mol. The van der Waals surface area contributed by atoms with Gasteiger partial charge in [0.05, 0.1) is 27.9 Å². The normalized spacial score (nSPS) is 14.9. The minimum absolute atomic E-state index is 0. The van der Waals surface area contributed by atoms with Gasteiger partial charge >= 0.3 is 0 Å². The second-order valence-electron chi connectivity index (χ2n) is 6.98. The molecule has 2 N–H and O–H groups in total. The van der Waals surface area contributed by atoms with Gasteiger partial charge in [0.1, 0.15) is 0 Å². The van der Waals surface area contributed by atoms with E-state index in [4.69, 9.17) is 19.2 Å². The number of rotatable bonds is 10. The number of halogens is 1. The van der Waals surface area contributed by atoms with E-state index in [1.807, 2.05) is 12.1 Å². The molecule has 0 aromatic heterocycles. The third-order valence-corrected chi connectivity index (χ3v) is 4.80. The first-order chi connectivity index (χ1) is 13.0. The topological polar surface area (TPSA) is 67.4 Å². The number of nitrogens with one attached hydrogen (secondary N) is 2. The number of guanidine groups is 1. The number of benzene rings is 1. The number of hydrogen-bond donors (Lipinski definition) is 2. The summed E-state index contributed by atoms with van der Waals surface area (Å²) in [6, 6.07) is 4.40. The van der Waals surface area contributed by atoms with Crippen LogP contribution in [0.4, 0.5) is 0 Å². The molecule has 160 valence electrons. The van der Waals surface area contributed by atoms with E-state index in [2.05, 4.69) is 36.6 Å². The van der Waals surface area contributed by atoms with Crippen molar-refractivity contribution in [3.8, 4) is 17.2 Å². The van der Waals surface area contributed by atoms with Gasteiger partial charge in [-0.05, 0) is 57.5 Å². The molecule has 0 aliphatic heterocycles. The number of hydrogen-bond acceptors (Lipinski definition) is 5. The standard InChI is InChI=1S/C20H34N4O3.HI/c1-7-21-20(23-13-16(24(2)3)15-8-9-15)22-12-14-10-17(25-4)19(27-6)18(11-14)26-5;/h10-11,15-16H,7-9,12-13H2,1-6H3,(H2,21,22,23);1H. The van der Waals surface area contributed by atoms with Crippen LogP contribution in [0.25, 0.3) is 0 Å². The van der Waals surface area contributed by atoms with Gasteiger partial charge in [-0.3, -0.25) is 0 Å². The quantitative estimate of drug-likeness (QED) is 0.289. The SMILES string of the molecule is CCNC(=NCc1cc(OC)c(OC)c(OC)c1)NCC(C1CC1)N(C)C.I. The van der Waals surface area contributed by atoms with E-state index in [-0.39, 0.29) is 24.0 Å². The van der Waals surface area contributed by atoms with E-state index in [1.165, 1.54) is 12.8 Å². The highest BCUT2D eigenvalue weighted by Crippen LogP contribution is 2.38. The highest BCUT2D eigenvalue weighted by atomic mass is 127. The van der Waals surface area contributed by atoms with Crippen LogP contribution < -0.4 is 24.8 Å². The van der Waals surface area contributed by atoms with Crippen LogP contribution in [0, 0.1) is 5.92 Å².